The van der Waals surface area contributed by atoms with Crippen LogP contribution in [0.1, 0.15) is 36.2 Å². The van der Waals surface area contributed by atoms with Gasteiger partial charge in [0.25, 0.3) is 15.9 Å². The number of rotatable bonds is 6. The quantitative estimate of drug-likeness (QED) is 0.578. The molecule has 2 aromatic carbocycles. The maximum absolute atomic E-state index is 12.8. The van der Waals surface area contributed by atoms with Gasteiger partial charge in [-0.05, 0) is 36.1 Å². The first-order valence-electron chi connectivity index (χ1n) is 9.56. The van der Waals surface area contributed by atoms with Crippen LogP contribution in [0.5, 0.6) is 0 Å². The minimum Gasteiger partial charge on any atom is -0.348 e. The summed E-state index contributed by atoms with van der Waals surface area (Å²) in [6.07, 6.45) is 5.42. The van der Waals surface area contributed by atoms with Crippen molar-refractivity contribution in [2.45, 2.75) is 36.6 Å². The lowest BCUT2D eigenvalue weighted by Crippen LogP contribution is -2.33. The zero-order valence-electron chi connectivity index (χ0n) is 15.8. The lowest BCUT2D eigenvalue weighted by atomic mass is 10.1. The third-order valence-corrected chi connectivity index (χ3v) is 6.44. The van der Waals surface area contributed by atoms with E-state index in [1.54, 1.807) is 24.3 Å². The molecule has 7 nitrogen and oxygen atoms in total. The van der Waals surface area contributed by atoms with Crippen molar-refractivity contribution in [3.63, 3.8) is 0 Å². The molecule has 1 aliphatic rings. The molecule has 1 aliphatic carbocycles. The molecule has 0 saturated heterocycles. The van der Waals surface area contributed by atoms with E-state index in [-0.39, 0.29) is 28.2 Å². The first kappa shape index (κ1) is 19.2. The first-order chi connectivity index (χ1) is 14.0. The molecule has 8 heteroatoms. The van der Waals surface area contributed by atoms with Gasteiger partial charge in [-0.2, -0.15) is 5.10 Å². The van der Waals surface area contributed by atoms with Crippen molar-refractivity contribution in [2.75, 3.05) is 4.72 Å². The number of nitrogens with zero attached hydrogens (tertiary/aromatic N) is 1. The Balaban J connectivity index is 1.50. The third-order valence-electron chi connectivity index (χ3n) is 5.06. The zero-order valence-corrected chi connectivity index (χ0v) is 16.6. The number of aromatic amines is 1. The zero-order chi connectivity index (χ0) is 20.3. The summed E-state index contributed by atoms with van der Waals surface area (Å²) in [5.41, 5.74) is 2.10. The van der Waals surface area contributed by atoms with Crippen LogP contribution in [-0.2, 0) is 10.0 Å². The summed E-state index contributed by atoms with van der Waals surface area (Å²) in [5, 5.41) is 9.41. The molecule has 0 radical (unpaired) electrons. The van der Waals surface area contributed by atoms with Gasteiger partial charge in [-0.1, -0.05) is 55.3 Å². The second-order valence-corrected chi connectivity index (χ2v) is 8.78. The molecular formula is C21H22N4O3S. The Bertz CT molecular complexity index is 1090. The highest BCUT2D eigenvalue weighted by molar-refractivity contribution is 7.92. The van der Waals surface area contributed by atoms with Crippen molar-refractivity contribution in [3.8, 4) is 11.1 Å². The Labute approximate surface area is 169 Å². The van der Waals surface area contributed by atoms with E-state index in [0.717, 1.165) is 36.8 Å². The highest BCUT2D eigenvalue weighted by Gasteiger charge is 2.24. The molecule has 3 N–H and O–H groups in total. The molecule has 150 valence electrons. The molecule has 1 aromatic heterocycles. The number of carbonyl (C=O) groups excluding carboxylic acids is 1. The molecule has 3 aromatic rings. The SMILES string of the molecule is O=C(NC1CCCC1)c1n[nH]cc1NS(=O)(=O)c1ccc(-c2ccccc2)cc1. The van der Waals surface area contributed by atoms with E-state index < -0.39 is 10.0 Å². The maximum atomic E-state index is 12.8. The molecule has 29 heavy (non-hydrogen) atoms. The van der Waals surface area contributed by atoms with Crippen LogP contribution in [0.4, 0.5) is 5.69 Å². The molecular weight excluding hydrogens is 388 g/mol. The van der Waals surface area contributed by atoms with Crippen LogP contribution in [-0.4, -0.2) is 30.6 Å². The molecule has 0 atom stereocenters. The number of amides is 1. The van der Waals surface area contributed by atoms with Gasteiger partial charge in [-0.25, -0.2) is 8.42 Å². The summed E-state index contributed by atoms with van der Waals surface area (Å²) in [5.74, 6) is -0.379. The monoisotopic (exact) mass is 410 g/mol. The van der Waals surface area contributed by atoms with E-state index in [1.807, 2.05) is 30.3 Å². The van der Waals surface area contributed by atoms with Gasteiger partial charge < -0.3 is 5.32 Å². The number of benzene rings is 2. The van der Waals surface area contributed by atoms with E-state index in [1.165, 1.54) is 6.20 Å². The highest BCUT2D eigenvalue weighted by Crippen LogP contribution is 2.24. The van der Waals surface area contributed by atoms with Crippen molar-refractivity contribution in [3.05, 3.63) is 66.5 Å². The molecule has 1 heterocycles. The topological polar surface area (TPSA) is 104 Å². The minimum atomic E-state index is -3.86. The Morgan fingerprint density at radius 3 is 2.31 bits per heavy atom. The van der Waals surface area contributed by atoms with Crippen LogP contribution in [0.15, 0.2) is 65.7 Å². The second kappa shape index (κ2) is 8.08. The molecule has 0 bridgehead atoms. The molecule has 0 unspecified atom stereocenters. The number of H-pyrrole nitrogens is 1. The van der Waals surface area contributed by atoms with Crippen LogP contribution in [0, 0.1) is 0 Å². The van der Waals surface area contributed by atoms with Gasteiger partial charge in [-0.3, -0.25) is 14.6 Å². The van der Waals surface area contributed by atoms with Crippen LogP contribution in [0.3, 0.4) is 0 Å². The number of hydrogen-bond acceptors (Lipinski definition) is 4. The molecule has 1 amide bonds. The van der Waals surface area contributed by atoms with Crippen molar-refractivity contribution in [2.24, 2.45) is 0 Å². The van der Waals surface area contributed by atoms with E-state index in [4.69, 9.17) is 0 Å². The smallest absolute Gasteiger partial charge is 0.274 e. The summed E-state index contributed by atoms with van der Waals surface area (Å²) in [7, 11) is -3.86. The van der Waals surface area contributed by atoms with Gasteiger partial charge in [0.1, 0.15) is 0 Å². The van der Waals surface area contributed by atoms with Gasteiger partial charge in [0.15, 0.2) is 5.69 Å². The Kier molecular flexibility index (Phi) is 5.35. The molecule has 0 spiro atoms. The van der Waals surface area contributed by atoms with Crippen molar-refractivity contribution >= 4 is 21.6 Å². The van der Waals surface area contributed by atoms with Crippen molar-refractivity contribution < 1.29 is 13.2 Å². The first-order valence-corrected chi connectivity index (χ1v) is 11.0. The van der Waals surface area contributed by atoms with Crippen LogP contribution in [0.2, 0.25) is 0 Å². The fraction of sp³-hybridized carbons (Fsp3) is 0.238. The normalized spacial score (nSPS) is 14.6. The minimum absolute atomic E-state index is 0.0429. The standard InChI is InChI=1S/C21H22N4O3S/c26-21(23-17-8-4-5-9-17)20-19(14-22-24-20)25-29(27,28)18-12-10-16(11-13-18)15-6-2-1-3-7-15/h1-3,6-7,10-14,17,25H,4-5,8-9H2,(H,22,24)(H,23,26). The van der Waals surface area contributed by atoms with E-state index in [9.17, 15) is 13.2 Å². The molecule has 0 aliphatic heterocycles. The van der Waals surface area contributed by atoms with Gasteiger partial charge in [0.2, 0.25) is 0 Å². The molecule has 4 rings (SSSR count). The van der Waals surface area contributed by atoms with E-state index in [0.29, 0.717) is 0 Å². The summed E-state index contributed by atoms with van der Waals surface area (Å²) >= 11 is 0. The van der Waals surface area contributed by atoms with E-state index in [2.05, 4.69) is 20.2 Å². The summed E-state index contributed by atoms with van der Waals surface area (Å²) < 4.78 is 28.0. The van der Waals surface area contributed by atoms with Gasteiger partial charge in [0, 0.05) is 12.2 Å². The maximum Gasteiger partial charge on any atom is 0.274 e. The van der Waals surface area contributed by atoms with Gasteiger partial charge >= 0.3 is 0 Å². The lowest BCUT2D eigenvalue weighted by Gasteiger charge is -2.12. The molecule has 1 saturated carbocycles. The fourth-order valence-corrected chi connectivity index (χ4v) is 4.58. The number of nitrogens with one attached hydrogen (secondary N) is 3. The average molecular weight is 410 g/mol. The fourth-order valence-electron chi connectivity index (χ4n) is 3.53. The second-order valence-electron chi connectivity index (χ2n) is 7.10. The predicted molar refractivity (Wildman–Crippen MR) is 111 cm³/mol. The summed E-state index contributed by atoms with van der Waals surface area (Å²) in [6, 6.07) is 16.4. The Hall–Kier alpha value is -3.13. The average Bonchev–Trinajstić information content (AvgIpc) is 3.40. The van der Waals surface area contributed by atoms with Crippen molar-refractivity contribution in [1.29, 1.82) is 0 Å². The number of sulfonamides is 1. The number of anilines is 1. The highest BCUT2D eigenvalue weighted by atomic mass is 32.2. The summed E-state index contributed by atoms with van der Waals surface area (Å²) in [4.78, 5) is 12.6. The number of hydrogen-bond donors (Lipinski definition) is 3. The van der Waals surface area contributed by atoms with Gasteiger partial charge in [0.05, 0.1) is 10.6 Å². The Morgan fingerprint density at radius 1 is 0.966 bits per heavy atom. The van der Waals surface area contributed by atoms with Crippen LogP contribution >= 0.6 is 0 Å². The van der Waals surface area contributed by atoms with Crippen LogP contribution < -0.4 is 10.0 Å². The Morgan fingerprint density at radius 2 is 1.62 bits per heavy atom. The molecule has 1 fully saturated rings. The number of carbonyl (C=O) groups is 1. The van der Waals surface area contributed by atoms with E-state index >= 15 is 0 Å². The largest absolute Gasteiger partial charge is 0.348 e. The summed E-state index contributed by atoms with van der Waals surface area (Å²) in [6.45, 7) is 0. The van der Waals surface area contributed by atoms with Crippen LogP contribution in [0.25, 0.3) is 11.1 Å². The predicted octanol–water partition coefficient (Wildman–Crippen LogP) is 3.55. The van der Waals surface area contributed by atoms with Gasteiger partial charge in [-0.15, -0.1) is 0 Å². The lowest BCUT2D eigenvalue weighted by molar-refractivity contribution is 0.0933. The third kappa shape index (κ3) is 4.32. The number of aromatic nitrogens is 2. The van der Waals surface area contributed by atoms with Crippen molar-refractivity contribution in [1.82, 2.24) is 15.5 Å².